The van der Waals surface area contributed by atoms with Gasteiger partial charge in [-0.1, -0.05) is 20.8 Å². The van der Waals surface area contributed by atoms with Crippen LogP contribution >= 0.6 is 0 Å². The third-order valence-electron chi connectivity index (χ3n) is 7.12. The van der Waals surface area contributed by atoms with Gasteiger partial charge in [0.25, 0.3) is 11.8 Å². The molecule has 3 heterocycles. The first-order valence-corrected chi connectivity index (χ1v) is 15.0. The molecule has 0 aliphatic carbocycles. The summed E-state index contributed by atoms with van der Waals surface area (Å²) in [4.78, 5) is 20.0. The van der Waals surface area contributed by atoms with E-state index in [1.165, 1.54) is 24.3 Å². The van der Waals surface area contributed by atoms with Crippen molar-refractivity contribution in [2.75, 3.05) is 31.1 Å². The summed E-state index contributed by atoms with van der Waals surface area (Å²) in [5, 5.41) is 9.79. The van der Waals surface area contributed by atoms with E-state index in [2.05, 4.69) is 0 Å². The van der Waals surface area contributed by atoms with Crippen LogP contribution in [0.4, 0.5) is 19.0 Å². The van der Waals surface area contributed by atoms with Crippen molar-refractivity contribution >= 4 is 21.9 Å². The minimum Gasteiger partial charge on any atom is -0.493 e. The van der Waals surface area contributed by atoms with Crippen molar-refractivity contribution in [3.63, 3.8) is 0 Å². The average molecular weight is 599 g/mol. The fourth-order valence-electron chi connectivity index (χ4n) is 5.46. The highest BCUT2D eigenvalue weighted by atomic mass is 32.2. The summed E-state index contributed by atoms with van der Waals surface area (Å²) in [6.07, 6.45) is -1.67. The number of aromatic nitrogens is 1. The quantitative estimate of drug-likeness (QED) is 0.468. The topological polar surface area (TPSA) is 112 Å². The Morgan fingerprint density at radius 2 is 1.90 bits per heavy atom. The molecular formula is C28H37F3N4O5S. The number of aliphatic hydroxyl groups is 1. The molecule has 2 aliphatic heterocycles. The normalized spacial score (nSPS) is 22.6. The zero-order chi connectivity index (χ0) is 30.3. The highest BCUT2D eigenvalue weighted by molar-refractivity contribution is 7.87. The van der Waals surface area contributed by atoms with Crippen LogP contribution in [0.5, 0.6) is 5.75 Å². The summed E-state index contributed by atoms with van der Waals surface area (Å²) < 4.78 is 76.4. The summed E-state index contributed by atoms with van der Waals surface area (Å²) in [7, 11) is -4.72. The van der Waals surface area contributed by atoms with E-state index in [1.807, 2.05) is 44.2 Å². The molecule has 0 spiro atoms. The molecule has 1 amide bonds. The fourth-order valence-corrected chi connectivity index (χ4v) is 6.66. The number of amides is 1. The molecule has 0 saturated carbocycles. The van der Waals surface area contributed by atoms with Gasteiger partial charge in [-0.05, 0) is 56.4 Å². The molecule has 2 aromatic rings. The number of benzene rings is 1. The smallest absolute Gasteiger partial charge is 0.304 e. The number of anilines is 1. The fraction of sp³-hybridized carbons (Fsp3) is 0.571. The number of nitrogens with one attached hydrogen (secondary N) is 1. The van der Waals surface area contributed by atoms with Crippen molar-refractivity contribution in [1.29, 1.82) is 0 Å². The molecule has 1 aromatic heterocycles. The number of rotatable bonds is 8. The van der Waals surface area contributed by atoms with Crippen LogP contribution in [0, 0.1) is 17.7 Å². The summed E-state index contributed by atoms with van der Waals surface area (Å²) >= 11 is 0. The van der Waals surface area contributed by atoms with Crippen LogP contribution in [-0.4, -0.2) is 72.5 Å². The van der Waals surface area contributed by atoms with Gasteiger partial charge in [0.1, 0.15) is 17.4 Å². The molecule has 226 valence electrons. The van der Waals surface area contributed by atoms with Crippen LogP contribution in [0.15, 0.2) is 30.3 Å². The number of pyridine rings is 1. The second-order valence-corrected chi connectivity index (χ2v) is 13.8. The van der Waals surface area contributed by atoms with E-state index in [-0.39, 0.29) is 23.2 Å². The molecule has 0 radical (unpaired) electrons. The Bertz CT molecular complexity index is 1400. The van der Waals surface area contributed by atoms with Gasteiger partial charge in [-0.3, -0.25) is 4.79 Å². The standard InChI is InChI=1S/C28H37F3N4O5S/c1-17(2)15-40-22-9-19(8-20(29)10-22)24-7-6-23(25(32-24)35-13-18(3)11-27(35,4)5)26(37)33-41(38,39)34-14-21(36)12-28(30,31)16-34/h6-10,17-18,21,36H,11-16H2,1-5H3,(H,33,37)/t18-,21?/m0/s1. The van der Waals surface area contributed by atoms with Gasteiger partial charge in [0.2, 0.25) is 0 Å². The molecule has 41 heavy (non-hydrogen) atoms. The molecule has 13 heteroatoms. The largest absolute Gasteiger partial charge is 0.493 e. The maximum absolute atomic E-state index is 14.5. The number of halogens is 3. The summed E-state index contributed by atoms with van der Waals surface area (Å²) in [6.45, 7) is 9.10. The maximum Gasteiger partial charge on any atom is 0.304 e. The Morgan fingerprint density at radius 1 is 1.20 bits per heavy atom. The maximum atomic E-state index is 14.5. The zero-order valence-electron chi connectivity index (χ0n) is 23.8. The van der Waals surface area contributed by atoms with Gasteiger partial charge in [-0.2, -0.15) is 12.7 Å². The van der Waals surface area contributed by atoms with Crippen LogP contribution in [-0.2, 0) is 10.2 Å². The van der Waals surface area contributed by atoms with E-state index >= 15 is 0 Å². The molecule has 0 bridgehead atoms. The van der Waals surface area contributed by atoms with Crippen molar-refractivity contribution < 1.29 is 36.2 Å². The number of alkyl halides is 2. The Kier molecular flexibility index (Phi) is 8.64. The van der Waals surface area contributed by atoms with Gasteiger partial charge >= 0.3 is 10.2 Å². The van der Waals surface area contributed by atoms with E-state index in [9.17, 15) is 31.5 Å². The van der Waals surface area contributed by atoms with Crippen molar-refractivity contribution in [3.05, 3.63) is 41.7 Å². The molecule has 4 rings (SSSR count). The molecular weight excluding hydrogens is 561 g/mol. The van der Waals surface area contributed by atoms with Crippen LogP contribution < -0.4 is 14.4 Å². The van der Waals surface area contributed by atoms with E-state index in [1.54, 1.807) is 6.07 Å². The van der Waals surface area contributed by atoms with Gasteiger partial charge in [0.15, 0.2) is 0 Å². The molecule has 9 nitrogen and oxygen atoms in total. The molecule has 2 atom stereocenters. The molecule has 1 aromatic carbocycles. The molecule has 1 unspecified atom stereocenters. The summed E-state index contributed by atoms with van der Waals surface area (Å²) in [5.41, 5.74) is 0.198. The predicted molar refractivity (Wildman–Crippen MR) is 149 cm³/mol. The van der Waals surface area contributed by atoms with E-state index < -0.39 is 59.0 Å². The Hall–Kier alpha value is -2.90. The average Bonchev–Trinajstić information content (AvgIpc) is 3.12. The SMILES string of the molecule is CC(C)COc1cc(F)cc(-c2ccc(C(=O)NS(=O)(=O)N3CC(O)CC(F)(F)C3)c(N3C[C@@H](C)CC3(C)C)n2)c1. The number of β-amino-alcohol motifs (C(OH)–C–C–N with tert-alkyl or cyclic N) is 1. The number of ether oxygens (including phenoxy) is 1. The van der Waals surface area contributed by atoms with Gasteiger partial charge in [0, 0.05) is 36.7 Å². The van der Waals surface area contributed by atoms with Crippen molar-refractivity contribution in [2.24, 2.45) is 11.8 Å². The van der Waals surface area contributed by atoms with Crippen LogP contribution in [0.25, 0.3) is 11.3 Å². The zero-order valence-corrected chi connectivity index (χ0v) is 24.6. The van der Waals surface area contributed by atoms with E-state index in [0.717, 1.165) is 6.42 Å². The number of carbonyl (C=O) groups excluding carboxylic acids is 1. The van der Waals surface area contributed by atoms with E-state index in [0.29, 0.717) is 34.5 Å². The number of aliphatic hydroxyl groups excluding tert-OH is 1. The third kappa shape index (κ3) is 7.31. The van der Waals surface area contributed by atoms with Gasteiger partial charge in [-0.25, -0.2) is 22.9 Å². The van der Waals surface area contributed by atoms with Crippen LogP contribution in [0.1, 0.15) is 57.8 Å². The van der Waals surface area contributed by atoms with Crippen molar-refractivity contribution in [2.45, 2.75) is 65.0 Å². The lowest BCUT2D eigenvalue weighted by atomic mass is 9.97. The number of hydrogen-bond donors (Lipinski definition) is 2. The van der Waals surface area contributed by atoms with Crippen molar-refractivity contribution in [1.82, 2.24) is 14.0 Å². The first kappa shape index (κ1) is 31.0. The first-order chi connectivity index (χ1) is 19.0. The number of piperidine rings is 1. The Balaban J connectivity index is 1.72. The summed E-state index contributed by atoms with van der Waals surface area (Å²) in [5.74, 6) is -4.08. The highest BCUT2D eigenvalue weighted by Gasteiger charge is 2.45. The number of carbonyl (C=O) groups is 1. The lowest BCUT2D eigenvalue weighted by Gasteiger charge is -2.35. The van der Waals surface area contributed by atoms with Crippen LogP contribution in [0.3, 0.4) is 0 Å². The van der Waals surface area contributed by atoms with Gasteiger partial charge < -0.3 is 14.7 Å². The lowest BCUT2D eigenvalue weighted by molar-refractivity contribution is -0.0869. The molecule has 2 aliphatic rings. The van der Waals surface area contributed by atoms with E-state index in [4.69, 9.17) is 9.72 Å². The Morgan fingerprint density at radius 3 is 2.51 bits per heavy atom. The number of hydrogen-bond acceptors (Lipinski definition) is 7. The molecule has 2 fully saturated rings. The Labute approximate surface area is 238 Å². The first-order valence-electron chi connectivity index (χ1n) is 13.6. The van der Waals surface area contributed by atoms with Crippen LogP contribution in [0.2, 0.25) is 0 Å². The summed E-state index contributed by atoms with van der Waals surface area (Å²) in [6, 6.07) is 7.06. The van der Waals surface area contributed by atoms with Crippen molar-refractivity contribution in [3.8, 4) is 17.0 Å². The molecule has 2 saturated heterocycles. The van der Waals surface area contributed by atoms with Gasteiger partial charge in [-0.15, -0.1) is 0 Å². The van der Waals surface area contributed by atoms with Gasteiger partial charge in [0.05, 0.1) is 30.5 Å². The predicted octanol–water partition coefficient (Wildman–Crippen LogP) is 4.22. The number of nitrogens with zero attached hydrogens (tertiary/aromatic N) is 3. The minimum absolute atomic E-state index is 0.0866. The minimum atomic E-state index is -4.72. The monoisotopic (exact) mass is 598 g/mol. The lowest BCUT2D eigenvalue weighted by Crippen LogP contribution is -2.55. The second kappa shape index (κ2) is 11.4. The second-order valence-electron chi connectivity index (χ2n) is 12.1. The third-order valence-corrected chi connectivity index (χ3v) is 8.52. The molecule has 2 N–H and O–H groups in total. The highest BCUT2D eigenvalue weighted by Crippen LogP contribution is 2.39.